The molecule has 2 aromatic carbocycles. The number of aromatic nitrogens is 4. The molecular formula is C36H36ClFN6O4. The molecule has 1 N–H and O–H groups in total. The van der Waals surface area contributed by atoms with Crippen LogP contribution in [0, 0.1) is 5.82 Å². The van der Waals surface area contributed by atoms with E-state index in [1.165, 1.54) is 19.4 Å². The van der Waals surface area contributed by atoms with Gasteiger partial charge in [-0.2, -0.15) is 0 Å². The molecule has 7 rings (SSSR count). The Balaban J connectivity index is 1.01. The fourth-order valence-electron chi connectivity index (χ4n) is 6.17. The number of rotatable bonds is 11. The lowest BCUT2D eigenvalue weighted by molar-refractivity contribution is -0.0592. The number of nitrogens with zero attached hydrogens (tertiary/aromatic N) is 5. The number of imidazole rings is 1. The molecule has 3 aromatic heterocycles. The van der Waals surface area contributed by atoms with E-state index in [9.17, 15) is 9.18 Å². The number of fused-ring (bicyclic) bond motifs is 1. The smallest absolute Gasteiger partial charge is 0.257 e. The van der Waals surface area contributed by atoms with Crippen LogP contribution in [0.2, 0.25) is 5.02 Å². The SMILES string of the molecule is COc1ccc(C(=O)Nc2ccc3c(c2)nc(CN2CCC(c4cccc(OCc5ccc(Cl)cc5F)n4)CC2)n3CC2CCO2)cn1. The van der Waals surface area contributed by atoms with Gasteiger partial charge in [-0.1, -0.05) is 23.7 Å². The third-order valence-electron chi connectivity index (χ3n) is 8.98. The molecule has 48 heavy (non-hydrogen) atoms. The van der Waals surface area contributed by atoms with Crippen molar-refractivity contribution in [1.82, 2.24) is 24.4 Å². The molecule has 2 aliphatic heterocycles. The number of likely N-dealkylation sites (tertiary alicyclic amines) is 1. The predicted octanol–water partition coefficient (Wildman–Crippen LogP) is 6.63. The molecule has 5 aromatic rings. The average Bonchev–Trinajstić information content (AvgIpc) is 3.42. The third kappa shape index (κ3) is 7.28. The molecule has 248 valence electrons. The van der Waals surface area contributed by atoms with E-state index in [-0.39, 0.29) is 18.6 Å². The first kappa shape index (κ1) is 32.0. The molecule has 5 heterocycles. The Morgan fingerprint density at radius 2 is 1.90 bits per heavy atom. The summed E-state index contributed by atoms with van der Waals surface area (Å²) in [6, 6.07) is 19.5. The zero-order valence-electron chi connectivity index (χ0n) is 26.6. The lowest BCUT2D eigenvalue weighted by Gasteiger charge is -2.32. The third-order valence-corrected chi connectivity index (χ3v) is 9.21. The van der Waals surface area contributed by atoms with E-state index in [1.54, 1.807) is 30.3 Å². The largest absolute Gasteiger partial charge is 0.481 e. The summed E-state index contributed by atoms with van der Waals surface area (Å²) in [6.07, 6.45) is 4.59. The number of pyridine rings is 2. The molecule has 0 spiro atoms. The molecule has 0 saturated carbocycles. The predicted molar refractivity (Wildman–Crippen MR) is 180 cm³/mol. The summed E-state index contributed by atoms with van der Waals surface area (Å²) in [7, 11) is 1.54. The number of carbonyl (C=O) groups excluding carboxylic acids is 1. The Labute approximate surface area is 282 Å². The minimum atomic E-state index is -0.394. The van der Waals surface area contributed by atoms with E-state index in [2.05, 4.69) is 19.8 Å². The average molecular weight is 671 g/mol. The minimum absolute atomic E-state index is 0.0822. The van der Waals surface area contributed by atoms with Crippen molar-refractivity contribution in [2.75, 3.05) is 32.1 Å². The topological polar surface area (TPSA) is 104 Å². The van der Waals surface area contributed by atoms with Crippen LogP contribution in [0.25, 0.3) is 11.0 Å². The Morgan fingerprint density at radius 3 is 2.62 bits per heavy atom. The van der Waals surface area contributed by atoms with E-state index >= 15 is 0 Å². The van der Waals surface area contributed by atoms with Gasteiger partial charge in [0.15, 0.2) is 0 Å². The molecule has 0 bridgehead atoms. The molecule has 2 saturated heterocycles. The molecule has 0 radical (unpaired) electrons. The highest BCUT2D eigenvalue weighted by Crippen LogP contribution is 2.30. The lowest BCUT2D eigenvalue weighted by Crippen LogP contribution is -2.35. The van der Waals surface area contributed by atoms with Gasteiger partial charge in [0.2, 0.25) is 11.8 Å². The summed E-state index contributed by atoms with van der Waals surface area (Å²) in [4.78, 5) is 29.2. The number of halogens is 2. The second-order valence-corrected chi connectivity index (χ2v) is 12.6. The Hall–Kier alpha value is -4.58. The van der Waals surface area contributed by atoms with Gasteiger partial charge in [-0.15, -0.1) is 0 Å². The number of benzene rings is 2. The second kappa shape index (κ2) is 14.3. The zero-order chi connectivity index (χ0) is 33.0. The van der Waals surface area contributed by atoms with Gasteiger partial charge in [0.05, 0.1) is 42.9 Å². The molecule has 12 heteroatoms. The highest BCUT2D eigenvalue weighted by Gasteiger charge is 2.26. The Morgan fingerprint density at radius 1 is 1.04 bits per heavy atom. The number of ether oxygens (including phenoxy) is 3. The maximum absolute atomic E-state index is 14.2. The van der Waals surface area contributed by atoms with Crippen LogP contribution in [0.5, 0.6) is 11.8 Å². The van der Waals surface area contributed by atoms with E-state index in [0.29, 0.717) is 46.1 Å². The minimum Gasteiger partial charge on any atom is -0.481 e. The van der Waals surface area contributed by atoms with E-state index in [4.69, 9.17) is 35.8 Å². The Kier molecular flexibility index (Phi) is 9.51. The summed E-state index contributed by atoms with van der Waals surface area (Å²) in [5.41, 5.74) is 4.36. The fraction of sp³-hybridized carbons (Fsp3) is 0.333. The van der Waals surface area contributed by atoms with Crippen LogP contribution in [0.1, 0.15) is 52.6 Å². The lowest BCUT2D eigenvalue weighted by atomic mass is 9.93. The Bertz CT molecular complexity index is 1910. The van der Waals surface area contributed by atoms with E-state index in [1.807, 2.05) is 30.3 Å². The van der Waals surface area contributed by atoms with Crippen molar-refractivity contribution in [3.8, 4) is 11.8 Å². The number of carbonyl (C=O) groups is 1. The normalized spacial score (nSPS) is 16.9. The number of hydrogen-bond acceptors (Lipinski definition) is 8. The van der Waals surface area contributed by atoms with Gasteiger partial charge in [-0.3, -0.25) is 9.69 Å². The summed E-state index contributed by atoms with van der Waals surface area (Å²) >= 11 is 5.87. The quantitative estimate of drug-likeness (QED) is 0.167. The molecule has 2 aliphatic rings. The van der Waals surface area contributed by atoms with Crippen LogP contribution < -0.4 is 14.8 Å². The molecule has 1 unspecified atom stereocenters. The number of methoxy groups -OCH3 is 1. The summed E-state index contributed by atoms with van der Waals surface area (Å²) in [5.74, 6) is 1.56. The fourth-order valence-corrected chi connectivity index (χ4v) is 6.33. The molecule has 2 fully saturated rings. The van der Waals surface area contributed by atoms with Gasteiger partial charge in [-0.25, -0.2) is 19.3 Å². The van der Waals surface area contributed by atoms with Crippen molar-refractivity contribution in [3.05, 3.63) is 106 Å². The summed E-state index contributed by atoms with van der Waals surface area (Å²) in [5, 5.41) is 3.32. The second-order valence-electron chi connectivity index (χ2n) is 12.1. The molecule has 10 nitrogen and oxygen atoms in total. The van der Waals surface area contributed by atoms with Crippen molar-refractivity contribution < 1.29 is 23.4 Å². The van der Waals surface area contributed by atoms with Crippen molar-refractivity contribution in [2.24, 2.45) is 0 Å². The molecule has 1 amide bonds. The van der Waals surface area contributed by atoms with Gasteiger partial charge < -0.3 is 24.1 Å². The number of nitrogens with one attached hydrogen (secondary N) is 1. The van der Waals surface area contributed by atoms with Gasteiger partial charge in [0, 0.05) is 52.8 Å². The first-order valence-corrected chi connectivity index (χ1v) is 16.5. The van der Waals surface area contributed by atoms with Crippen molar-refractivity contribution in [3.63, 3.8) is 0 Å². The summed E-state index contributed by atoms with van der Waals surface area (Å²) < 4.78 is 33.2. The molecule has 1 atom stereocenters. The summed E-state index contributed by atoms with van der Waals surface area (Å²) in [6.45, 7) is 4.11. The zero-order valence-corrected chi connectivity index (χ0v) is 27.3. The van der Waals surface area contributed by atoms with Crippen molar-refractivity contribution in [2.45, 2.75) is 51.0 Å². The van der Waals surface area contributed by atoms with Gasteiger partial charge in [-0.05, 0) is 74.8 Å². The van der Waals surface area contributed by atoms with Crippen LogP contribution >= 0.6 is 11.6 Å². The van der Waals surface area contributed by atoms with Crippen molar-refractivity contribution >= 4 is 34.2 Å². The first-order valence-electron chi connectivity index (χ1n) is 16.1. The van der Waals surface area contributed by atoms with Crippen LogP contribution in [0.15, 0.2) is 72.9 Å². The molecular weight excluding hydrogens is 635 g/mol. The van der Waals surface area contributed by atoms with Crippen LogP contribution in [0.3, 0.4) is 0 Å². The van der Waals surface area contributed by atoms with Crippen LogP contribution in [-0.2, 0) is 24.4 Å². The highest BCUT2D eigenvalue weighted by atomic mass is 35.5. The van der Waals surface area contributed by atoms with E-state index in [0.717, 1.165) is 68.1 Å². The van der Waals surface area contributed by atoms with Gasteiger partial charge in [0.1, 0.15) is 18.2 Å². The number of hydrogen-bond donors (Lipinski definition) is 1. The van der Waals surface area contributed by atoms with Crippen LogP contribution in [0.4, 0.5) is 10.1 Å². The highest BCUT2D eigenvalue weighted by molar-refractivity contribution is 6.30. The van der Waals surface area contributed by atoms with Gasteiger partial charge >= 0.3 is 0 Å². The molecule has 0 aliphatic carbocycles. The monoisotopic (exact) mass is 670 g/mol. The number of anilines is 1. The van der Waals surface area contributed by atoms with E-state index < -0.39 is 5.82 Å². The number of amides is 1. The maximum Gasteiger partial charge on any atom is 0.257 e. The maximum atomic E-state index is 14.2. The number of piperidine rings is 1. The first-order chi connectivity index (χ1) is 23.4. The van der Waals surface area contributed by atoms with Gasteiger partial charge in [0.25, 0.3) is 5.91 Å². The van der Waals surface area contributed by atoms with Crippen LogP contribution in [-0.4, -0.2) is 63.2 Å². The van der Waals surface area contributed by atoms with Crippen molar-refractivity contribution in [1.29, 1.82) is 0 Å². The standard InChI is InChI=1S/C36H36ClFN6O4/c1-46-34-10-6-24(19-39-34)36(45)40-27-8-9-32-31(18-27)41-33(44(32)20-28-13-16-47-28)21-43-14-11-23(12-15-43)30-3-2-4-35(42-30)48-22-25-5-7-26(37)17-29(25)38/h2-10,17-19,23,28H,11-16,20-22H2,1H3,(H,40,45).